The minimum Gasteiger partial charge on any atom is -0.207 e. The highest BCUT2D eigenvalue weighted by Gasteiger charge is 2.37. The van der Waals surface area contributed by atoms with Crippen molar-refractivity contribution in [1.29, 1.82) is 0 Å². The molecule has 114 valence electrons. The minimum atomic E-state index is -0.525. The molecule has 4 rings (SSSR count). The van der Waals surface area contributed by atoms with Crippen LogP contribution in [0.15, 0.2) is 42.5 Å². The van der Waals surface area contributed by atoms with Gasteiger partial charge in [-0.3, -0.25) is 0 Å². The van der Waals surface area contributed by atoms with Crippen LogP contribution in [-0.4, -0.2) is 0 Å². The van der Waals surface area contributed by atoms with E-state index in [1.54, 1.807) is 0 Å². The molecule has 0 aliphatic heterocycles. The lowest BCUT2D eigenvalue weighted by Crippen LogP contribution is -1.95. The van der Waals surface area contributed by atoms with Gasteiger partial charge >= 0.3 is 0 Å². The maximum Gasteiger partial charge on any atom is 0.126 e. The van der Waals surface area contributed by atoms with Gasteiger partial charge in [-0.2, -0.15) is 0 Å². The van der Waals surface area contributed by atoms with E-state index >= 15 is 0 Å². The summed E-state index contributed by atoms with van der Waals surface area (Å²) < 4.78 is 26.7. The molecule has 2 fully saturated rings. The SMILES string of the molecule is Fc1cc(F)cc(-c2ccc(C3CC4CCCC4C3)cc2)c1. The molecule has 2 aromatic carbocycles. The van der Waals surface area contributed by atoms with Crippen LogP contribution in [0.1, 0.15) is 43.6 Å². The first-order valence-electron chi connectivity index (χ1n) is 8.25. The zero-order chi connectivity index (χ0) is 15.1. The lowest BCUT2D eigenvalue weighted by molar-refractivity contribution is 0.457. The third-order valence-electron chi connectivity index (χ3n) is 5.57. The van der Waals surface area contributed by atoms with Crippen molar-refractivity contribution in [2.45, 2.75) is 38.0 Å². The molecule has 0 bridgehead atoms. The maximum atomic E-state index is 13.3. The zero-order valence-electron chi connectivity index (χ0n) is 12.6. The standard InChI is InChI=1S/C20H20F2/c21-19-10-18(11-20(22)12-19)14-6-4-13(5-7-14)17-8-15-2-1-3-16(15)9-17/h4-7,10-12,15-17H,1-3,8-9H2. The number of fused-ring (bicyclic) bond motifs is 1. The molecule has 0 radical (unpaired) electrons. The monoisotopic (exact) mass is 298 g/mol. The van der Waals surface area contributed by atoms with Crippen LogP contribution in [0.4, 0.5) is 8.78 Å². The fourth-order valence-electron chi connectivity index (χ4n) is 4.50. The molecule has 22 heavy (non-hydrogen) atoms. The fraction of sp³-hybridized carbons (Fsp3) is 0.400. The zero-order valence-corrected chi connectivity index (χ0v) is 12.6. The Labute approximate surface area is 130 Å². The van der Waals surface area contributed by atoms with E-state index in [9.17, 15) is 8.78 Å². The highest BCUT2D eigenvalue weighted by Crippen LogP contribution is 2.50. The summed E-state index contributed by atoms with van der Waals surface area (Å²) in [6, 6.07) is 12.0. The normalized spacial score (nSPS) is 27.1. The smallest absolute Gasteiger partial charge is 0.126 e. The first-order chi connectivity index (χ1) is 10.7. The van der Waals surface area contributed by atoms with Gasteiger partial charge in [0.15, 0.2) is 0 Å². The molecule has 2 aromatic rings. The lowest BCUT2D eigenvalue weighted by atomic mass is 9.93. The van der Waals surface area contributed by atoms with Gasteiger partial charge in [0.1, 0.15) is 11.6 Å². The average molecular weight is 298 g/mol. The van der Waals surface area contributed by atoms with Crippen molar-refractivity contribution in [2.24, 2.45) is 11.8 Å². The molecule has 2 atom stereocenters. The molecule has 2 unspecified atom stereocenters. The van der Waals surface area contributed by atoms with Crippen LogP contribution < -0.4 is 0 Å². The molecule has 0 heterocycles. The van der Waals surface area contributed by atoms with Crippen molar-refractivity contribution in [1.82, 2.24) is 0 Å². The van der Waals surface area contributed by atoms with Gasteiger partial charge in [0, 0.05) is 6.07 Å². The van der Waals surface area contributed by atoms with E-state index in [2.05, 4.69) is 12.1 Å². The quantitative estimate of drug-likeness (QED) is 0.645. The third kappa shape index (κ3) is 2.55. The molecular weight excluding hydrogens is 278 g/mol. The van der Waals surface area contributed by atoms with Gasteiger partial charge in [0.25, 0.3) is 0 Å². The number of rotatable bonds is 2. The van der Waals surface area contributed by atoms with Crippen molar-refractivity contribution < 1.29 is 8.78 Å². The topological polar surface area (TPSA) is 0 Å². The molecule has 0 aromatic heterocycles. The molecular formula is C20H20F2. The Morgan fingerprint density at radius 2 is 1.32 bits per heavy atom. The summed E-state index contributed by atoms with van der Waals surface area (Å²) in [7, 11) is 0. The molecule has 0 spiro atoms. The first-order valence-corrected chi connectivity index (χ1v) is 8.25. The summed E-state index contributed by atoms with van der Waals surface area (Å²) in [5, 5.41) is 0. The van der Waals surface area contributed by atoms with E-state index in [0.717, 1.165) is 23.5 Å². The van der Waals surface area contributed by atoms with Crippen LogP contribution in [0.5, 0.6) is 0 Å². The van der Waals surface area contributed by atoms with Crippen LogP contribution in [-0.2, 0) is 0 Å². The molecule has 2 aliphatic carbocycles. The number of hydrogen-bond donors (Lipinski definition) is 0. The Morgan fingerprint density at radius 1 is 0.727 bits per heavy atom. The van der Waals surface area contributed by atoms with Gasteiger partial charge in [0.05, 0.1) is 0 Å². The number of hydrogen-bond acceptors (Lipinski definition) is 0. The van der Waals surface area contributed by atoms with Crippen molar-refractivity contribution in [2.75, 3.05) is 0 Å². The third-order valence-corrected chi connectivity index (χ3v) is 5.57. The lowest BCUT2D eigenvalue weighted by Gasteiger charge is -2.12. The summed E-state index contributed by atoms with van der Waals surface area (Å²) in [4.78, 5) is 0. The van der Waals surface area contributed by atoms with E-state index in [1.165, 1.54) is 49.8 Å². The first kappa shape index (κ1) is 13.9. The molecule has 0 N–H and O–H groups in total. The van der Waals surface area contributed by atoms with Crippen LogP contribution in [0.2, 0.25) is 0 Å². The molecule has 0 nitrogen and oxygen atoms in total. The van der Waals surface area contributed by atoms with Gasteiger partial charge in [-0.1, -0.05) is 43.5 Å². The second kappa shape index (κ2) is 5.49. The Morgan fingerprint density at radius 3 is 1.91 bits per heavy atom. The van der Waals surface area contributed by atoms with E-state index in [1.807, 2.05) is 12.1 Å². The van der Waals surface area contributed by atoms with E-state index in [4.69, 9.17) is 0 Å². The molecule has 2 saturated carbocycles. The predicted octanol–water partition coefficient (Wildman–Crippen LogP) is 5.93. The van der Waals surface area contributed by atoms with Crippen LogP contribution in [0, 0.1) is 23.5 Å². The summed E-state index contributed by atoms with van der Waals surface area (Å²) in [6.07, 6.45) is 6.85. The molecule has 0 saturated heterocycles. The number of benzene rings is 2. The fourth-order valence-corrected chi connectivity index (χ4v) is 4.50. The second-order valence-corrected chi connectivity index (χ2v) is 6.90. The highest BCUT2D eigenvalue weighted by molar-refractivity contribution is 5.63. The largest absolute Gasteiger partial charge is 0.207 e. The maximum absolute atomic E-state index is 13.3. The van der Waals surface area contributed by atoms with E-state index in [0.29, 0.717) is 11.5 Å². The number of halogens is 2. The van der Waals surface area contributed by atoms with Gasteiger partial charge in [-0.15, -0.1) is 0 Å². The van der Waals surface area contributed by atoms with Crippen LogP contribution in [0.25, 0.3) is 11.1 Å². The van der Waals surface area contributed by atoms with Gasteiger partial charge in [0.2, 0.25) is 0 Å². The second-order valence-electron chi connectivity index (χ2n) is 6.90. The Balaban J connectivity index is 1.56. The Bertz CT molecular complexity index is 642. The Kier molecular flexibility index (Phi) is 3.48. The molecule has 2 heteroatoms. The van der Waals surface area contributed by atoms with Crippen LogP contribution in [0.3, 0.4) is 0 Å². The van der Waals surface area contributed by atoms with Crippen LogP contribution >= 0.6 is 0 Å². The summed E-state index contributed by atoms with van der Waals surface area (Å²) in [5.74, 6) is 1.49. The van der Waals surface area contributed by atoms with E-state index in [-0.39, 0.29) is 0 Å². The minimum absolute atomic E-state index is 0.525. The van der Waals surface area contributed by atoms with E-state index < -0.39 is 11.6 Å². The Hall–Kier alpha value is -1.70. The summed E-state index contributed by atoms with van der Waals surface area (Å²) >= 11 is 0. The highest BCUT2D eigenvalue weighted by atomic mass is 19.1. The molecule has 2 aliphatic rings. The molecule has 0 amide bonds. The van der Waals surface area contributed by atoms with Crippen molar-refractivity contribution in [3.8, 4) is 11.1 Å². The van der Waals surface area contributed by atoms with Crippen molar-refractivity contribution in [3.05, 3.63) is 59.7 Å². The van der Waals surface area contributed by atoms with Gasteiger partial charge < -0.3 is 0 Å². The van der Waals surface area contributed by atoms with Crippen molar-refractivity contribution >= 4 is 0 Å². The van der Waals surface area contributed by atoms with Crippen molar-refractivity contribution in [3.63, 3.8) is 0 Å². The predicted molar refractivity (Wildman–Crippen MR) is 84.6 cm³/mol. The van der Waals surface area contributed by atoms with Gasteiger partial charge in [-0.05, 0) is 59.4 Å². The summed E-state index contributed by atoms with van der Waals surface area (Å²) in [5.41, 5.74) is 2.86. The van der Waals surface area contributed by atoms with Gasteiger partial charge in [-0.25, -0.2) is 8.78 Å². The summed E-state index contributed by atoms with van der Waals surface area (Å²) in [6.45, 7) is 0. The average Bonchev–Trinajstić information content (AvgIpc) is 3.07.